The minimum atomic E-state index is 0.387. The van der Waals surface area contributed by atoms with Crippen molar-refractivity contribution >= 4 is 29.3 Å². The van der Waals surface area contributed by atoms with E-state index in [4.69, 9.17) is 16.3 Å². The number of hydrogen-bond acceptors (Lipinski definition) is 3. The largest absolute Gasteiger partial charge is 0.487 e. The molecular formula is C21H26ClN3O. The summed E-state index contributed by atoms with van der Waals surface area (Å²) >= 11 is 6.44. The van der Waals surface area contributed by atoms with Gasteiger partial charge in [-0.2, -0.15) is 0 Å². The first-order chi connectivity index (χ1) is 12.4. The van der Waals surface area contributed by atoms with Crippen LogP contribution in [0.25, 0.3) is 0 Å². The van der Waals surface area contributed by atoms with E-state index in [9.17, 15) is 0 Å². The summed E-state index contributed by atoms with van der Waals surface area (Å²) < 4.78 is 5.90. The summed E-state index contributed by atoms with van der Waals surface area (Å²) in [7, 11) is 3.74. The molecule has 0 unspecified atom stereocenters. The number of rotatable bonds is 7. The van der Waals surface area contributed by atoms with Crippen LogP contribution in [0.15, 0.2) is 46.4 Å². The number of halogens is 1. The number of benzene rings is 2. The molecule has 0 radical (unpaired) electrons. The lowest BCUT2D eigenvalue weighted by Gasteiger charge is -2.14. The van der Waals surface area contributed by atoms with Gasteiger partial charge in [0, 0.05) is 26.2 Å². The molecule has 4 nitrogen and oxygen atoms in total. The van der Waals surface area contributed by atoms with Crippen molar-refractivity contribution in [3.8, 4) is 5.75 Å². The van der Waals surface area contributed by atoms with Crippen LogP contribution in [0.2, 0.25) is 5.02 Å². The Morgan fingerprint density at radius 3 is 2.65 bits per heavy atom. The highest BCUT2D eigenvalue weighted by Crippen LogP contribution is 2.29. The molecule has 0 saturated heterocycles. The van der Waals surface area contributed by atoms with Gasteiger partial charge in [0.15, 0.2) is 0 Å². The molecule has 0 saturated carbocycles. The zero-order valence-corrected chi connectivity index (χ0v) is 16.8. The van der Waals surface area contributed by atoms with Crippen LogP contribution in [-0.4, -0.2) is 44.2 Å². The fourth-order valence-corrected chi connectivity index (χ4v) is 2.65. The second-order valence-electron chi connectivity index (χ2n) is 6.21. The topological polar surface area (TPSA) is 37.2 Å². The molecule has 0 N–H and O–H groups in total. The van der Waals surface area contributed by atoms with Crippen LogP contribution >= 0.6 is 11.6 Å². The Balaban J connectivity index is 2.20. The highest BCUT2D eigenvalue weighted by atomic mass is 35.5. The van der Waals surface area contributed by atoms with E-state index in [1.165, 1.54) is 0 Å². The smallest absolute Gasteiger partial charge is 0.130 e. The molecule has 0 aromatic heterocycles. The lowest BCUT2D eigenvalue weighted by Crippen LogP contribution is -2.15. The highest BCUT2D eigenvalue weighted by molar-refractivity contribution is 6.33. The summed E-state index contributed by atoms with van der Waals surface area (Å²) in [6, 6.07) is 11.9. The predicted molar refractivity (Wildman–Crippen MR) is 112 cm³/mol. The molecule has 0 fully saturated rings. The Morgan fingerprint density at radius 2 is 2.00 bits per heavy atom. The van der Waals surface area contributed by atoms with E-state index in [1.807, 2.05) is 62.2 Å². The summed E-state index contributed by atoms with van der Waals surface area (Å²) in [5, 5.41) is 0.600. The third-order valence-electron chi connectivity index (χ3n) is 4.13. The average molecular weight is 372 g/mol. The lowest BCUT2D eigenvalue weighted by atomic mass is 10.0. The van der Waals surface area contributed by atoms with E-state index in [-0.39, 0.29) is 0 Å². The second-order valence-corrected chi connectivity index (χ2v) is 6.62. The summed E-state index contributed by atoms with van der Waals surface area (Å²) in [5.41, 5.74) is 4.81. The van der Waals surface area contributed by atoms with Crippen LogP contribution in [0.5, 0.6) is 5.75 Å². The Bertz CT molecular complexity index is 815. The fraction of sp³-hybridized carbons (Fsp3) is 0.333. The summed E-state index contributed by atoms with van der Waals surface area (Å²) in [5.74, 6) is 0.832. The van der Waals surface area contributed by atoms with E-state index < -0.39 is 0 Å². The first-order valence-electron chi connectivity index (χ1n) is 8.64. The van der Waals surface area contributed by atoms with Gasteiger partial charge in [-0.1, -0.05) is 23.7 Å². The standard InChI is InChI=1S/C21H26ClN3O/c1-6-25(5)14-24-20-11-16(3)18(12-19(20)22)21(23-4)13-26-17-9-7-8-15(2)10-17/h7-12,14H,6,13H2,1-5H3. The first kappa shape index (κ1) is 20.0. The summed E-state index contributed by atoms with van der Waals surface area (Å²) in [6.45, 7) is 7.42. The maximum Gasteiger partial charge on any atom is 0.130 e. The number of ether oxygens (including phenoxy) is 1. The number of hydrogen-bond donors (Lipinski definition) is 0. The quantitative estimate of drug-likeness (QED) is 0.503. The number of aliphatic imine (C=N–C) groups is 2. The molecule has 0 spiro atoms. The van der Waals surface area contributed by atoms with Crippen LogP contribution < -0.4 is 4.74 Å². The number of aryl methyl sites for hydroxylation is 2. The molecule has 2 rings (SSSR count). The molecule has 138 valence electrons. The monoisotopic (exact) mass is 371 g/mol. The van der Waals surface area contributed by atoms with Crippen molar-refractivity contribution in [2.24, 2.45) is 9.98 Å². The molecule has 2 aromatic rings. The Labute approximate surface area is 161 Å². The van der Waals surface area contributed by atoms with Crippen molar-refractivity contribution in [1.29, 1.82) is 0 Å². The fourth-order valence-electron chi connectivity index (χ4n) is 2.44. The lowest BCUT2D eigenvalue weighted by molar-refractivity contribution is 0.376. The van der Waals surface area contributed by atoms with Crippen molar-refractivity contribution in [3.05, 3.63) is 58.1 Å². The van der Waals surface area contributed by atoms with Crippen LogP contribution in [-0.2, 0) is 0 Å². The van der Waals surface area contributed by atoms with Crippen molar-refractivity contribution in [1.82, 2.24) is 4.90 Å². The van der Waals surface area contributed by atoms with Crippen LogP contribution in [0.3, 0.4) is 0 Å². The molecule has 0 bridgehead atoms. The van der Waals surface area contributed by atoms with Gasteiger partial charge in [0.25, 0.3) is 0 Å². The maximum atomic E-state index is 6.44. The van der Waals surface area contributed by atoms with E-state index >= 15 is 0 Å². The molecule has 0 atom stereocenters. The molecule has 0 aliphatic heterocycles. The van der Waals surface area contributed by atoms with Gasteiger partial charge >= 0.3 is 0 Å². The average Bonchev–Trinajstić information content (AvgIpc) is 2.63. The molecular weight excluding hydrogens is 346 g/mol. The molecule has 2 aromatic carbocycles. The molecule has 5 heteroatoms. The van der Waals surface area contributed by atoms with E-state index in [1.54, 1.807) is 13.4 Å². The van der Waals surface area contributed by atoms with E-state index in [2.05, 4.69) is 16.9 Å². The van der Waals surface area contributed by atoms with Gasteiger partial charge < -0.3 is 9.64 Å². The zero-order chi connectivity index (χ0) is 19.1. The SMILES string of the molecule is CCN(C)C=Nc1cc(C)c(C(COc2cccc(C)c2)=NC)cc1Cl. The number of nitrogens with zero attached hydrogens (tertiary/aromatic N) is 3. The van der Waals surface area contributed by atoms with Crippen molar-refractivity contribution < 1.29 is 4.74 Å². The van der Waals surface area contributed by atoms with Crippen molar-refractivity contribution in [2.45, 2.75) is 20.8 Å². The van der Waals surface area contributed by atoms with Gasteiger partial charge in [0.2, 0.25) is 0 Å². The molecule has 0 aliphatic rings. The predicted octanol–water partition coefficient (Wildman–Crippen LogP) is 5.07. The van der Waals surface area contributed by atoms with Crippen molar-refractivity contribution in [3.63, 3.8) is 0 Å². The van der Waals surface area contributed by atoms with E-state index in [0.717, 1.165) is 40.4 Å². The Hall–Kier alpha value is -2.33. The molecule has 0 amide bonds. The first-order valence-corrected chi connectivity index (χ1v) is 9.02. The van der Waals surface area contributed by atoms with E-state index in [0.29, 0.717) is 11.6 Å². The van der Waals surface area contributed by atoms with Gasteiger partial charge in [-0.15, -0.1) is 0 Å². The van der Waals surface area contributed by atoms with Gasteiger partial charge in [-0.25, -0.2) is 4.99 Å². The third kappa shape index (κ3) is 5.33. The maximum absolute atomic E-state index is 6.44. The Morgan fingerprint density at radius 1 is 1.23 bits per heavy atom. The highest BCUT2D eigenvalue weighted by Gasteiger charge is 2.11. The van der Waals surface area contributed by atoms with Gasteiger partial charge in [-0.3, -0.25) is 4.99 Å². The summed E-state index contributed by atoms with van der Waals surface area (Å²) in [6.07, 6.45) is 1.79. The third-order valence-corrected chi connectivity index (χ3v) is 4.44. The minimum Gasteiger partial charge on any atom is -0.487 e. The van der Waals surface area contributed by atoms with Gasteiger partial charge in [0.05, 0.1) is 22.8 Å². The molecule has 0 heterocycles. The van der Waals surface area contributed by atoms with Crippen LogP contribution in [0.4, 0.5) is 5.69 Å². The van der Waals surface area contributed by atoms with Crippen molar-refractivity contribution in [2.75, 3.05) is 27.2 Å². The summed E-state index contributed by atoms with van der Waals surface area (Å²) in [4.78, 5) is 10.9. The van der Waals surface area contributed by atoms with Gasteiger partial charge in [0.1, 0.15) is 12.4 Å². The van der Waals surface area contributed by atoms with Gasteiger partial charge in [-0.05, 0) is 56.2 Å². The normalized spacial score (nSPS) is 11.8. The molecule has 0 aliphatic carbocycles. The minimum absolute atomic E-state index is 0.387. The molecule has 26 heavy (non-hydrogen) atoms. The second kappa shape index (κ2) is 9.39. The zero-order valence-electron chi connectivity index (χ0n) is 16.1. The Kier molecular flexibility index (Phi) is 7.22. The van der Waals surface area contributed by atoms with Crippen LogP contribution in [0.1, 0.15) is 23.6 Å². The van der Waals surface area contributed by atoms with Crippen LogP contribution in [0, 0.1) is 13.8 Å².